The summed E-state index contributed by atoms with van der Waals surface area (Å²) < 4.78 is 27.8. The van der Waals surface area contributed by atoms with E-state index in [0.29, 0.717) is 10.0 Å². The summed E-state index contributed by atoms with van der Waals surface area (Å²) in [6.45, 7) is -0.578. The molecule has 100 valence electrons. The van der Waals surface area contributed by atoms with Crippen LogP contribution in [0.5, 0.6) is 0 Å². The Balaban J connectivity index is 2.62. The van der Waals surface area contributed by atoms with Crippen LogP contribution in [0.15, 0.2) is 41.1 Å². The molecule has 0 saturated carbocycles. The van der Waals surface area contributed by atoms with Gasteiger partial charge in [0, 0.05) is 22.4 Å². The minimum absolute atomic E-state index is 0.116. The molecule has 0 aliphatic carbocycles. The lowest BCUT2D eigenvalue weighted by atomic mass is 9.85. The second-order valence-electron chi connectivity index (χ2n) is 4.15. The molecule has 0 amide bonds. The predicted molar refractivity (Wildman–Crippen MR) is 70.3 cm³/mol. The van der Waals surface area contributed by atoms with Crippen molar-refractivity contribution in [2.24, 2.45) is 5.73 Å². The Kier molecular flexibility index (Phi) is 3.93. The molecule has 0 spiro atoms. The summed E-state index contributed by atoms with van der Waals surface area (Å²) in [5.74, 6) is -1.31. The van der Waals surface area contributed by atoms with Crippen LogP contribution in [0.2, 0.25) is 0 Å². The van der Waals surface area contributed by atoms with Gasteiger partial charge in [0.05, 0.1) is 12.1 Å². The SMILES string of the molecule is N[C@](CO)(c1cncc(Br)c1)c1cc(F)ccc1F. The molecular formula is C13H11BrF2N2O. The molecule has 0 aliphatic rings. The van der Waals surface area contributed by atoms with E-state index in [2.05, 4.69) is 20.9 Å². The number of hydrogen-bond acceptors (Lipinski definition) is 3. The van der Waals surface area contributed by atoms with E-state index >= 15 is 0 Å². The van der Waals surface area contributed by atoms with Gasteiger partial charge in [-0.3, -0.25) is 4.98 Å². The van der Waals surface area contributed by atoms with Crippen molar-refractivity contribution in [2.75, 3.05) is 6.61 Å². The number of nitrogens with zero attached hydrogens (tertiary/aromatic N) is 1. The van der Waals surface area contributed by atoms with Crippen LogP contribution in [-0.4, -0.2) is 16.7 Å². The lowest BCUT2D eigenvalue weighted by Gasteiger charge is -2.28. The Morgan fingerprint density at radius 1 is 1.26 bits per heavy atom. The van der Waals surface area contributed by atoms with Crippen molar-refractivity contribution in [1.82, 2.24) is 4.98 Å². The van der Waals surface area contributed by atoms with Crippen molar-refractivity contribution in [2.45, 2.75) is 5.54 Å². The van der Waals surface area contributed by atoms with Gasteiger partial charge >= 0.3 is 0 Å². The van der Waals surface area contributed by atoms with Crippen LogP contribution in [0.25, 0.3) is 0 Å². The third-order valence-electron chi connectivity index (χ3n) is 2.88. The highest BCUT2D eigenvalue weighted by Gasteiger charge is 2.32. The second kappa shape index (κ2) is 5.32. The van der Waals surface area contributed by atoms with Crippen LogP contribution in [-0.2, 0) is 5.54 Å². The zero-order valence-corrected chi connectivity index (χ0v) is 11.4. The van der Waals surface area contributed by atoms with Crippen molar-refractivity contribution < 1.29 is 13.9 Å². The minimum atomic E-state index is -1.55. The van der Waals surface area contributed by atoms with Gasteiger partial charge in [0.25, 0.3) is 0 Å². The molecule has 1 aromatic carbocycles. The quantitative estimate of drug-likeness (QED) is 0.909. The molecule has 1 atom stereocenters. The van der Waals surface area contributed by atoms with E-state index in [4.69, 9.17) is 5.73 Å². The maximum Gasteiger partial charge on any atom is 0.128 e. The lowest BCUT2D eigenvalue weighted by molar-refractivity contribution is 0.219. The molecule has 2 aromatic rings. The molecule has 3 nitrogen and oxygen atoms in total. The number of nitrogens with two attached hydrogens (primary N) is 1. The van der Waals surface area contributed by atoms with E-state index in [1.807, 2.05) is 0 Å². The van der Waals surface area contributed by atoms with Crippen molar-refractivity contribution in [3.05, 3.63) is 63.9 Å². The van der Waals surface area contributed by atoms with Gasteiger partial charge in [-0.25, -0.2) is 8.78 Å². The number of aromatic nitrogens is 1. The number of hydrogen-bond donors (Lipinski definition) is 2. The Labute approximate surface area is 117 Å². The van der Waals surface area contributed by atoms with Crippen LogP contribution in [0.3, 0.4) is 0 Å². The molecule has 3 N–H and O–H groups in total. The Hall–Kier alpha value is -1.37. The molecule has 1 aromatic heterocycles. The first kappa shape index (κ1) is 14.0. The van der Waals surface area contributed by atoms with Gasteiger partial charge in [0.2, 0.25) is 0 Å². The third-order valence-corrected chi connectivity index (χ3v) is 3.31. The lowest BCUT2D eigenvalue weighted by Crippen LogP contribution is -2.42. The number of pyridine rings is 1. The molecule has 19 heavy (non-hydrogen) atoms. The van der Waals surface area contributed by atoms with Crippen LogP contribution >= 0.6 is 15.9 Å². The minimum Gasteiger partial charge on any atom is -0.394 e. The van der Waals surface area contributed by atoms with E-state index in [0.717, 1.165) is 18.2 Å². The molecule has 0 aliphatic heterocycles. The zero-order chi connectivity index (χ0) is 14.0. The van der Waals surface area contributed by atoms with Crippen molar-refractivity contribution in [3.63, 3.8) is 0 Å². The third kappa shape index (κ3) is 2.65. The highest BCUT2D eigenvalue weighted by Crippen LogP contribution is 2.30. The smallest absolute Gasteiger partial charge is 0.128 e. The predicted octanol–water partition coefficient (Wildman–Crippen LogP) is 2.32. The summed E-state index contributed by atoms with van der Waals surface area (Å²) in [7, 11) is 0. The van der Waals surface area contributed by atoms with Crippen LogP contribution in [0.1, 0.15) is 11.1 Å². The monoisotopic (exact) mass is 328 g/mol. The normalized spacial score (nSPS) is 14.2. The molecule has 0 unspecified atom stereocenters. The molecule has 0 saturated heterocycles. The molecular weight excluding hydrogens is 318 g/mol. The van der Waals surface area contributed by atoms with Crippen molar-refractivity contribution in [3.8, 4) is 0 Å². The average Bonchev–Trinajstić information content (AvgIpc) is 2.40. The fourth-order valence-electron chi connectivity index (χ4n) is 1.83. The van der Waals surface area contributed by atoms with Gasteiger partial charge in [-0.1, -0.05) is 0 Å². The topological polar surface area (TPSA) is 59.1 Å². The maximum absolute atomic E-state index is 13.8. The van der Waals surface area contributed by atoms with Gasteiger partial charge in [0.15, 0.2) is 0 Å². The number of aliphatic hydroxyl groups is 1. The molecule has 6 heteroatoms. The number of rotatable bonds is 3. The first-order valence-corrected chi connectivity index (χ1v) is 6.23. The van der Waals surface area contributed by atoms with Gasteiger partial charge in [0.1, 0.15) is 11.6 Å². The summed E-state index contributed by atoms with van der Waals surface area (Å²) >= 11 is 3.22. The van der Waals surface area contributed by atoms with E-state index in [1.54, 1.807) is 6.07 Å². The second-order valence-corrected chi connectivity index (χ2v) is 5.06. The Morgan fingerprint density at radius 2 is 2.00 bits per heavy atom. The molecule has 0 fully saturated rings. The first-order valence-electron chi connectivity index (χ1n) is 5.43. The van der Waals surface area contributed by atoms with E-state index < -0.39 is 23.8 Å². The van der Waals surface area contributed by atoms with E-state index in [9.17, 15) is 13.9 Å². The highest BCUT2D eigenvalue weighted by molar-refractivity contribution is 9.10. The van der Waals surface area contributed by atoms with Crippen LogP contribution < -0.4 is 5.73 Å². The summed E-state index contributed by atoms with van der Waals surface area (Å²) in [6, 6.07) is 4.56. The summed E-state index contributed by atoms with van der Waals surface area (Å²) in [4.78, 5) is 3.92. The van der Waals surface area contributed by atoms with Gasteiger partial charge < -0.3 is 10.8 Å². The fourth-order valence-corrected chi connectivity index (χ4v) is 2.19. The number of aliphatic hydroxyl groups excluding tert-OH is 1. The van der Waals surface area contributed by atoms with Gasteiger partial charge in [-0.05, 0) is 45.8 Å². The number of halogens is 3. The van der Waals surface area contributed by atoms with E-state index in [-0.39, 0.29) is 5.56 Å². The first-order chi connectivity index (χ1) is 8.97. The average molecular weight is 329 g/mol. The summed E-state index contributed by atoms with van der Waals surface area (Å²) in [5, 5.41) is 9.54. The van der Waals surface area contributed by atoms with Crippen LogP contribution in [0.4, 0.5) is 8.78 Å². The largest absolute Gasteiger partial charge is 0.394 e. The Morgan fingerprint density at radius 3 is 2.63 bits per heavy atom. The van der Waals surface area contributed by atoms with Gasteiger partial charge in [-0.15, -0.1) is 0 Å². The summed E-state index contributed by atoms with van der Waals surface area (Å²) in [6.07, 6.45) is 2.94. The maximum atomic E-state index is 13.8. The number of benzene rings is 1. The van der Waals surface area contributed by atoms with Gasteiger partial charge in [-0.2, -0.15) is 0 Å². The summed E-state index contributed by atoms with van der Waals surface area (Å²) in [5.41, 5.74) is 4.78. The van der Waals surface area contributed by atoms with Crippen molar-refractivity contribution >= 4 is 15.9 Å². The molecule has 0 bridgehead atoms. The highest BCUT2D eigenvalue weighted by atomic mass is 79.9. The fraction of sp³-hybridized carbons (Fsp3) is 0.154. The van der Waals surface area contributed by atoms with Crippen molar-refractivity contribution in [1.29, 1.82) is 0 Å². The molecule has 0 radical (unpaired) electrons. The molecule has 1 heterocycles. The van der Waals surface area contributed by atoms with Crippen LogP contribution in [0, 0.1) is 11.6 Å². The zero-order valence-electron chi connectivity index (χ0n) is 9.78. The molecule has 2 rings (SSSR count). The Bertz CT molecular complexity index is 609. The van der Waals surface area contributed by atoms with E-state index in [1.165, 1.54) is 12.4 Å². The standard InChI is InChI=1S/C13H11BrF2N2O/c14-9-3-8(5-18-6-9)13(17,7-19)11-4-10(15)1-2-12(11)16/h1-6,19H,7,17H2/t13-/m1/s1.